The Morgan fingerprint density at radius 1 is 0.774 bits per heavy atom. The number of ether oxygens (including phenoxy) is 1. The monoisotopic (exact) mass is 524 g/mol. The number of rotatable bonds is 10. The van der Waals surface area contributed by atoms with Gasteiger partial charge in [0, 0.05) is 0 Å². The Hall–Kier alpha value is -1.91. The van der Waals surface area contributed by atoms with E-state index in [1.807, 2.05) is 0 Å². The van der Waals surface area contributed by atoms with Gasteiger partial charge in [-0.05, 0) is 38.7 Å². The van der Waals surface area contributed by atoms with Gasteiger partial charge in [-0.25, -0.2) is 0 Å². The summed E-state index contributed by atoms with van der Waals surface area (Å²) in [7, 11) is 0. The van der Waals surface area contributed by atoms with Gasteiger partial charge in [0.1, 0.15) is 5.60 Å². The van der Waals surface area contributed by atoms with Gasteiger partial charge in [-0.2, -0.15) is 0 Å². The summed E-state index contributed by atoms with van der Waals surface area (Å²) in [6.07, 6.45) is 5.67. The van der Waals surface area contributed by atoms with Crippen LogP contribution in [0.4, 0.5) is 0 Å². The van der Waals surface area contributed by atoms with Gasteiger partial charge in [0.05, 0.1) is 6.10 Å². The summed E-state index contributed by atoms with van der Waals surface area (Å²) in [5.41, 5.74) is 2.73. The van der Waals surface area contributed by atoms with Crippen LogP contribution in [0.5, 0.6) is 0 Å². The molecule has 0 N–H and O–H groups in total. The van der Waals surface area contributed by atoms with E-state index in [2.05, 4.69) is 145 Å². The first-order valence-electron chi connectivity index (χ1n) is 11.2. The van der Waals surface area contributed by atoms with Gasteiger partial charge >= 0.3 is 0 Å². The summed E-state index contributed by atoms with van der Waals surface area (Å²) in [6.45, 7) is 6.91. The summed E-state index contributed by atoms with van der Waals surface area (Å²) in [5.74, 6) is 0. The molecule has 31 heavy (non-hydrogen) atoms. The van der Waals surface area contributed by atoms with E-state index in [4.69, 9.17) is 4.74 Å². The van der Waals surface area contributed by atoms with Gasteiger partial charge in [-0.3, -0.25) is 0 Å². The summed E-state index contributed by atoms with van der Waals surface area (Å²) in [5, 5.41) is 0. The molecule has 0 bridgehead atoms. The first-order valence-corrected chi connectivity index (χ1v) is 12.4. The van der Waals surface area contributed by atoms with Gasteiger partial charge in [0.15, 0.2) is 0 Å². The smallest absolute Gasteiger partial charge is 0.144 e. The molecule has 0 fully saturated rings. The van der Waals surface area contributed by atoms with E-state index in [1.165, 1.54) is 12.8 Å². The molecule has 0 radical (unpaired) electrons. The fraction of sp³-hybridized carbons (Fsp3) is 0.310. The Kier molecular flexibility index (Phi) is 8.50. The second-order valence-electron chi connectivity index (χ2n) is 8.73. The standard InChI is InChI=1S/C29H33IO/c1-4-5-22-28(2,3)27(21-23-30)31-29(24-15-9-6-10-16-24,25-17-11-7-12-18-25)26-19-13-8-14-20-26/h6-21,23,27H,4-5,22H2,1-3H3. The maximum Gasteiger partial charge on any atom is 0.144 e. The molecule has 0 amide bonds. The van der Waals surface area contributed by atoms with Crippen LogP contribution in [-0.4, -0.2) is 6.10 Å². The molecular formula is C29H33IO. The Balaban J connectivity index is 2.24. The highest BCUT2D eigenvalue weighted by Crippen LogP contribution is 2.45. The van der Waals surface area contributed by atoms with Crippen LogP contribution >= 0.6 is 22.6 Å². The predicted octanol–water partition coefficient (Wildman–Crippen LogP) is 8.53. The van der Waals surface area contributed by atoms with Crippen molar-refractivity contribution in [3.8, 4) is 0 Å². The minimum absolute atomic E-state index is 0.00126. The molecule has 1 unspecified atom stereocenters. The summed E-state index contributed by atoms with van der Waals surface area (Å²) in [4.78, 5) is 0. The number of hydrogen-bond donors (Lipinski definition) is 0. The van der Waals surface area contributed by atoms with Gasteiger partial charge in [0.25, 0.3) is 0 Å². The molecule has 1 nitrogen and oxygen atoms in total. The lowest BCUT2D eigenvalue weighted by molar-refractivity contribution is -0.0776. The second kappa shape index (κ2) is 11.1. The molecule has 0 saturated carbocycles. The molecule has 162 valence electrons. The van der Waals surface area contributed by atoms with Gasteiger partial charge in [-0.1, -0.05) is 147 Å². The highest BCUT2D eigenvalue weighted by atomic mass is 127. The van der Waals surface area contributed by atoms with Crippen molar-refractivity contribution in [3.05, 3.63) is 118 Å². The Bertz CT molecular complexity index is 836. The Morgan fingerprint density at radius 3 is 1.55 bits per heavy atom. The van der Waals surface area contributed by atoms with Crippen molar-refractivity contribution >= 4 is 22.6 Å². The van der Waals surface area contributed by atoms with Crippen LogP contribution in [0.3, 0.4) is 0 Å². The third kappa shape index (κ3) is 5.48. The quantitative estimate of drug-likeness (QED) is 0.191. The molecule has 0 spiro atoms. The van der Waals surface area contributed by atoms with E-state index >= 15 is 0 Å². The van der Waals surface area contributed by atoms with Crippen LogP contribution in [-0.2, 0) is 10.3 Å². The minimum Gasteiger partial charge on any atom is -0.353 e. The van der Waals surface area contributed by atoms with Gasteiger partial charge in [0.2, 0.25) is 0 Å². The zero-order valence-corrected chi connectivity index (χ0v) is 21.0. The second-order valence-corrected chi connectivity index (χ2v) is 9.45. The third-order valence-electron chi connectivity index (χ3n) is 6.04. The maximum atomic E-state index is 7.31. The lowest BCUT2D eigenvalue weighted by Crippen LogP contribution is -2.42. The van der Waals surface area contributed by atoms with Crippen LogP contribution in [0, 0.1) is 5.41 Å². The highest BCUT2D eigenvalue weighted by Gasteiger charge is 2.42. The lowest BCUT2D eigenvalue weighted by Gasteiger charge is -2.43. The average molecular weight is 524 g/mol. The fourth-order valence-electron chi connectivity index (χ4n) is 4.21. The van der Waals surface area contributed by atoms with E-state index in [0.29, 0.717) is 0 Å². The molecule has 3 aromatic carbocycles. The van der Waals surface area contributed by atoms with Gasteiger partial charge < -0.3 is 4.74 Å². The highest BCUT2D eigenvalue weighted by molar-refractivity contribution is 14.1. The summed E-state index contributed by atoms with van der Waals surface area (Å²) >= 11 is 2.32. The van der Waals surface area contributed by atoms with Crippen LogP contribution in [0.1, 0.15) is 56.7 Å². The van der Waals surface area contributed by atoms with Crippen LogP contribution in [0.25, 0.3) is 0 Å². The zero-order chi connectivity index (χ0) is 22.2. The fourth-order valence-corrected chi connectivity index (χ4v) is 4.59. The number of benzene rings is 3. The van der Waals surface area contributed by atoms with Crippen molar-refractivity contribution in [2.24, 2.45) is 5.41 Å². The van der Waals surface area contributed by atoms with E-state index in [0.717, 1.165) is 23.1 Å². The van der Waals surface area contributed by atoms with Crippen LogP contribution < -0.4 is 0 Å². The van der Waals surface area contributed by atoms with Crippen LogP contribution in [0.15, 0.2) is 101 Å². The van der Waals surface area contributed by atoms with E-state index < -0.39 is 5.60 Å². The first-order chi connectivity index (χ1) is 15.0. The number of hydrogen-bond acceptors (Lipinski definition) is 1. The minimum atomic E-state index is -0.700. The average Bonchev–Trinajstić information content (AvgIpc) is 2.82. The normalized spacial score (nSPS) is 13.4. The third-order valence-corrected chi connectivity index (χ3v) is 6.45. The SMILES string of the molecule is CCCCC(C)(C)C(C=CI)OC(c1ccccc1)(c1ccccc1)c1ccccc1. The van der Waals surface area contributed by atoms with Crippen molar-refractivity contribution < 1.29 is 4.74 Å². The zero-order valence-electron chi connectivity index (χ0n) is 18.8. The summed E-state index contributed by atoms with van der Waals surface area (Å²) < 4.78 is 9.41. The maximum absolute atomic E-state index is 7.31. The molecule has 2 heteroatoms. The van der Waals surface area contributed by atoms with Crippen molar-refractivity contribution in [2.75, 3.05) is 0 Å². The van der Waals surface area contributed by atoms with Gasteiger partial charge in [-0.15, -0.1) is 0 Å². The number of unbranched alkanes of at least 4 members (excludes halogenated alkanes) is 1. The molecule has 0 saturated heterocycles. The van der Waals surface area contributed by atoms with Crippen molar-refractivity contribution in [3.63, 3.8) is 0 Å². The van der Waals surface area contributed by atoms with E-state index in [-0.39, 0.29) is 11.5 Å². The van der Waals surface area contributed by atoms with Crippen LogP contribution in [0.2, 0.25) is 0 Å². The Morgan fingerprint density at radius 2 is 1.19 bits per heavy atom. The molecule has 0 aromatic heterocycles. The molecule has 0 heterocycles. The van der Waals surface area contributed by atoms with Crippen molar-refractivity contribution in [2.45, 2.75) is 51.7 Å². The predicted molar refractivity (Wildman–Crippen MR) is 141 cm³/mol. The molecule has 0 aliphatic carbocycles. The summed E-state index contributed by atoms with van der Waals surface area (Å²) in [6, 6.07) is 31.9. The molecule has 3 rings (SSSR count). The first kappa shape index (κ1) is 23.7. The van der Waals surface area contributed by atoms with E-state index in [1.54, 1.807) is 0 Å². The number of halogens is 1. The van der Waals surface area contributed by atoms with E-state index in [9.17, 15) is 0 Å². The largest absolute Gasteiger partial charge is 0.353 e. The molecule has 1 atom stereocenters. The van der Waals surface area contributed by atoms with Crippen molar-refractivity contribution in [1.82, 2.24) is 0 Å². The molecule has 3 aromatic rings. The Labute approximate surface area is 201 Å². The molecule has 0 aliphatic rings. The lowest BCUT2D eigenvalue weighted by atomic mass is 9.77. The molecular weight excluding hydrogens is 491 g/mol. The molecule has 0 aliphatic heterocycles. The van der Waals surface area contributed by atoms with Crippen molar-refractivity contribution in [1.29, 1.82) is 0 Å². The topological polar surface area (TPSA) is 9.23 Å².